The molecule has 0 bridgehead atoms. The van der Waals surface area contributed by atoms with E-state index < -0.39 is 0 Å². The number of phenols is 1. The molecule has 0 aliphatic rings. The van der Waals surface area contributed by atoms with Crippen LogP contribution >= 0.6 is 11.6 Å². The van der Waals surface area contributed by atoms with Gasteiger partial charge in [0.25, 0.3) is 0 Å². The number of rotatable bonds is 3. The van der Waals surface area contributed by atoms with E-state index in [0.717, 1.165) is 22.2 Å². The van der Waals surface area contributed by atoms with Crippen LogP contribution in [-0.2, 0) is 0 Å². The average Bonchev–Trinajstić information content (AvgIpc) is 2.63. The summed E-state index contributed by atoms with van der Waals surface area (Å²) in [4.78, 5) is 9.20. The lowest BCUT2D eigenvalue weighted by molar-refractivity contribution is 0.477. The van der Waals surface area contributed by atoms with Crippen LogP contribution in [-0.4, -0.2) is 15.1 Å². The third kappa shape index (κ3) is 3.12. The van der Waals surface area contributed by atoms with Crippen LogP contribution < -0.4 is 5.32 Å². The molecule has 1 aromatic heterocycles. The van der Waals surface area contributed by atoms with Crippen LogP contribution in [0.3, 0.4) is 0 Å². The number of hydrogen-bond donors (Lipinski definition) is 2. The number of fused-ring (bicyclic) bond motifs is 1. The number of nitrogens with zero attached hydrogens (tertiary/aromatic N) is 2. The summed E-state index contributed by atoms with van der Waals surface area (Å²) in [5, 5.41) is 14.6. The zero-order valence-electron chi connectivity index (χ0n) is 13.1. The summed E-state index contributed by atoms with van der Waals surface area (Å²) in [6.07, 6.45) is 0. The molecule has 3 aromatic carbocycles. The summed E-state index contributed by atoms with van der Waals surface area (Å²) in [5.41, 5.74) is 3.07. The zero-order chi connectivity index (χ0) is 17.2. The Morgan fingerprint density at radius 2 is 1.60 bits per heavy atom. The van der Waals surface area contributed by atoms with Gasteiger partial charge in [-0.2, -0.15) is 0 Å². The Hall–Kier alpha value is -3.11. The van der Waals surface area contributed by atoms with E-state index in [1.165, 1.54) is 0 Å². The van der Waals surface area contributed by atoms with Gasteiger partial charge >= 0.3 is 0 Å². The van der Waals surface area contributed by atoms with Crippen molar-refractivity contribution in [3.63, 3.8) is 0 Å². The van der Waals surface area contributed by atoms with Gasteiger partial charge in [-0.3, -0.25) is 0 Å². The van der Waals surface area contributed by atoms with E-state index in [0.29, 0.717) is 16.7 Å². The number of phenolic OH excluding ortho intramolecular Hbond substituents is 1. The summed E-state index contributed by atoms with van der Waals surface area (Å²) >= 11 is 6.13. The van der Waals surface area contributed by atoms with Crippen LogP contribution in [0, 0.1) is 0 Å². The Morgan fingerprint density at radius 1 is 0.840 bits per heavy atom. The largest absolute Gasteiger partial charge is 0.506 e. The Kier molecular flexibility index (Phi) is 3.96. The minimum Gasteiger partial charge on any atom is -0.506 e. The summed E-state index contributed by atoms with van der Waals surface area (Å²) in [6.45, 7) is 0. The molecule has 0 aliphatic heterocycles. The van der Waals surface area contributed by atoms with Gasteiger partial charge in [0, 0.05) is 16.0 Å². The fourth-order valence-electron chi connectivity index (χ4n) is 2.67. The standard InChI is InChI=1S/C20H14ClN3O/c21-14-10-11-15-17(12-14)23-20(22-16-8-4-5-9-18(16)25)24-19(15)13-6-2-1-3-7-13/h1-12,25H,(H,22,23,24). The van der Waals surface area contributed by atoms with Gasteiger partial charge in [-0.15, -0.1) is 0 Å². The highest BCUT2D eigenvalue weighted by atomic mass is 35.5. The molecule has 0 fully saturated rings. The third-order valence-corrected chi connectivity index (χ3v) is 4.09. The van der Waals surface area contributed by atoms with Crippen LogP contribution in [0.5, 0.6) is 5.75 Å². The highest BCUT2D eigenvalue weighted by Crippen LogP contribution is 2.31. The van der Waals surface area contributed by atoms with Gasteiger partial charge in [-0.1, -0.05) is 54.1 Å². The first-order valence-electron chi connectivity index (χ1n) is 7.78. The Balaban J connectivity index is 1.90. The molecule has 5 heteroatoms. The highest BCUT2D eigenvalue weighted by molar-refractivity contribution is 6.31. The van der Waals surface area contributed by atoms with Crippen LogP contribution in [0.1, 0.15) is 0 Å². The summed E-state index contributed by atoms with van der Waals surface area (Å²) in [6, 6.07) is 22.4. The first-order valence-corrected chi connectivity index (χ1v) is 8.16. The molecule has 0 saturated heterocycles. The molecule has 4 rings (SSSR count). The molecule has 0 radical (unpaired) electrons. The highest BCUT2D eigenvalue weighted by Gasteiger charge is 2.11. The summed E-state index contributed by atoms with van der Waals surface area (Å²) in [7, 11) is 0. The minimum absolute atomic E-state index is 0.138. The van der Waals surface area contributed by atoms with E-state index in [2.05, 4.69) is 15.3 Å². The second kappa shape index (κ2) is 6.42. The maximum Gasteiger partial charge on any atom is 0.228 e. The van der Waals surface area contributed by atoms with Gasteiger partial charge in [-0.05, 0) is 30.3 Å². The van der Waals surface area contributed by atoms with Crippen LogP contribution in [0.25, 0.3) is 22.2 Å². The normalized spacial score (nSPS) is 10.8. The third-order valence-electron chi connectivity index (χ3n) is 3.86. The van der Waals surface area contributed by atoms with Crippen molar-refractivity contribution in [2.75, 3.05) is 5.32 Å². The van der Waals surface area contributed by atoms with Gasteiger partial charge in [0.2, 0.25) is 5.95 Å². The van der Waals surface area contributed by atoms with E-state index in [9.17, 15) is 5.11 Å². The second-order valence-corrected chi connectivity index (χ2v) is 6.00. The lowest BCUT2D eigenvalue weighted by atomic mass is 10.1. The maximum atomic E-state index is 9.98. The van der Waals surface area contributed by atoms with Crippen LogP contribution in [0.4, 0.5) is 11.6 Å². The van der Waals surface area contributed by atoms with Crippen molar-refractivity contribution in [3.8, 4) is 17.0 Å². The molecule has 2 N–H and O–H groups in total. The van der Waals surface area contributed by atoms with Gasteiger partial charge in [0.15, 0.2) is 0 Å². The fourth-order valence-corrected chi connectivity index (χ4v) is 2.84. The Labute approximate surface area is 149 Å². The molecule has 0 aliphatic carbocycles. The molecule has 0 saturated carbocycles. The maximum absolute atomic E-state index is 9.98. The van der Waals surface area contributed by atoms with E-state index in [-0.39, 0.29) is 5.75 Å². The predicted molar refractivity (Wildman–Crippen MR) is 101 cm³/mol. The van der Waals surface area contributed by atoms with Crippen molar-refractivity contribution in [2.24, 2.45) is 0 Å². The molecular weight excluding hydrogens is 334 g/mol. The van der Waals surface area contributed by atoms with Crippen molar-refractivity contribution >= 4 is 34.1 Å². The monoisotopic (exact) mass is 347 g/mol. The van der Waals surface area contributed by atoms with Crippen LogP contribution in [0.15, 0.2) is 72.8 Å². The second-order valence-electron chi connectivity index (χ2n) is 5.57. The molecule has 4 aromatic rings. The number of hydrogen-bond acceptors (Lipinski definition) is 4. The Bertz CT molecular complexity index is 1050. The van der Waals surface area contributed by atoms with Crippen molar-refractivity contribution in [1.29, 1.82) is 0 Å². The molecule has 0 spiro atoms. The predicted octanol–water partition coefficient (Wildman–Crippen LogP) is 5.40. The molecule has 0 unspecified atom stereocenters. The number of nitrogens with one attached hydrogen (secondary N) is 1. The average molecular weight is 348 g/mol. The van der Waals surface area contributed by atoms with E-state index in [4.69, 9.17) is 11.6 Å². The topological polar surface area (TPSA) is 58.0 Å². The summed E-state index contributed by atoms with van der Waals surface area (Å²) in [5.74, 6) is 0.536. The molecule has 25 heavy (non-hydrogen) atoms. The first kappa shape index (κ1) is 15.4. The van der Waals surface area contributed by atoms with E-state index >= 15 is 0 Å². The molecule has 122 valence electrons. The molecule has 4 nitrogen and oxygen atoms in total. The smallest absolute Gasteiger partial charge is 0.228 e. The molecule has 0 amide bonds. The lowest BCUT2D eigenvalue weighted by Crippen LogP contribution is -2.00. The van der Waals surface area contributed by atoms with E-state index in [1.807, 2.05) is 48.5 Å². The number of anilines is 2. The minimum atomic E-state index is 0.138. The number of para-hydroxylation sites is 2. The number of benzene rings is 3. The SMILES string of the molecule is Oc1ccccc1Nc1nc(-c2ccccc2)c2ccc(Cl)cc2n1. The molecular formula is C20H14ClN3O. The van der Waals surface area contributed by atoms with Crippen molar-refractivity contribution in [1.82, 2.24) is 9.97 Å². The van der Waals surface area contributed by atoms with Crippen LogP contribution in [0.2, 0.25) is 5.02 Å². The van der Waals surface area contributed by atoms with Gasteiger partial charge in [0.1, 0.15) is 5.75 Å². The van der Waals surface area contributed by atoms with Crippen molar-refractivity contribution < 1.29 is 5.11 Å². The van der Waals surface area contributed by atoms with Crippen molar-refractivity contribution in [3.05, 3.63) is 77.8 Å². The van der Waals surface area contributed by atoms with E-state index in [1.54, 1.807) is 24.3 Å². The van der Waals surface area contributed by atoms with Crippen molar-refractivity contribution in [2.45, 2.75) is 0 Å². The number of aromatic nitrogens is 2. The van der Waals surface area contributed by atoms with Gasteiger partial charge < -0.3 is 10.4 Å². The zero-order valence-corrected chi connectivity index (χ0v) is 13.9. The van der Waals surface area contributed by atoms with Gasteiger partial charge in [0.05, 0.1) is 16.9 Å². The number of aromatic hydroxyl groups is 1. The Morgan fingerprint density at radius 3 is 2.40 bits per heavy atom. The molecule has 0 atom stereocenters. The summed E-state index contributed by atoms with van der Waals surface area (Å²) < 4.78 is 0. The quantitative estimate of drug-likeness (QED) is 0.487. The lowest BCUT2D eigenvalue weighted by Gasteiger charge is -2.11. The fraction of sp³-hybridized carbons (Fsp3) is 0. The first-order chi connectivity index (χ1) is 12.2. The molecule has 1 heterocycles. The number of halogens is 1. The van der Waals surface area contributed by atoms with Gasteiger partial charge in [-0.25, -0.2) is 9.97 Å².